The Morgan fingerprint density at radius 1 is 1.22 bits per heavy atom. The first-order chi connectivity index (χ1) is 8.43. The molecule has 0 fully saturated rings. The van der Waals surface area contributed by atoms with Gasteiger partial charge in [0.2, 0.25) is 0 Å². The Morgan fingerprint density at radius 3 is 2.28 bits per heavy atom. The molecule has 0 aliphatic rings. The van der Waals surface area contributed by atoms with Crippen molar-refractivity contribution in [3.63, 3.8) is 0 Å². The lowest BCUT2D eigenvalue weighted by Gasteiger charge is -2.28. The van der Waals surface area contributed by atoms with Crippen molar-refractivity contribution in [1.29, 1.82) is 0 Å². The lowest BCUT2D eigenvalue weighted by molar-refractivity contribution is 0.209. The molecule has 18 heavy (non-hydrogen) atoms. The Balaban J connectivity index is 3.34. The Morgan fingerprint density at radius 2 is 1.83 bits per heavy atom. The van der Waals surface area contributed by atoms with E-state index in [1.54, 1.807) is 7.11 Å². The van der Waals surface area contributed by atoms with E-state index < -0.39 is 0 Å². The van der Waals surface area contributed by atoms with Crippen LogP contribution in [0.3, 0.4) is 0 Å². The quantitative estimate of drug-likeness (QED) is 0.873. The summed E-state index contributed by atoms with van der Waals surface area (Å²) in [4.78, 5) is 2.16. The molecule has 1 N–H and O–H groups in total. The average Bonchev–Trinajstić information content (AvgIpc) is 2.32. The van der Waals surface area contributed by atoms with Crippen LogP contribution in [0.5, 0.6) is 5.75 Å². The molecule has 0 amide bonds. The molecule has 1 aromatic rings. The number of aryl methyl sites for hydroxylation is 1. The first kappa shape index (κ1) is 15.0. The maximum atomic E-state index is 9.25. The second-order valence-corrected chi connectivity index (χ2v) is 5.05. The van der Waals surface area contributed by atoms with Crippen molar-refractivity contribution >= 4 is 0 Å². The molecule has 0 bridgehead atoms. The molecule has 0 aromatic heterocycles. The summed E-state index contributed by atoms with van der Waals surface area (Å²) >= 11 is 0. The smallest absolute Gasteiger partial charge is 0.122 e. The highest BCUT2D eigenvalue weighted by atomic mass is 16.5. The number of aliphatic hydroxyl groups excluding tert-OH is 1. The van der Waals surface area contributed by atoms with Crippen molar-refractivity contribution in [2.75, 3.05) is 27.8 Å². The third-order valence-corrected chi connectivity index (χ3v) is 3.69. The predicted octanol–water partition coefficient (Wildman–Crippen LogP) is 2.61. The Kier molecular flexibility index (Phi) is 5.17. The van der Waals surface area contributed by atoms with E-state index in [1.807, 2.05) is 0 Å². The van der Waals surface area contributed by atoms with Gasteiger partial charge in [-0.3, -0.25) is 0 Å². The van der Waals surface area contributed by atoms with Crippen LogP contribution in [0.15, 0.2) is 6.07 Å². The summed E-state index contributed by atoms with van der Waals surface area (Å²) in [7, 11) is 5.82. The number of rotatable bonds is 5. The van der Waals surface area contributed by atoms with Gasteiger partial charge in [-0.05, 0) is 69.6 Å². The van der Waals surface area contributed by atoms with Gasteiger partial charge in [-0.2, -0.15) is 0 Å². The van der Waals surface area contributed by atoms with Gasteiger partial charge < -0.3 is 14.7 Å². The van der Waals surface area contributed by atoms with Crippen molar-refractivity contribution < 1.29 is 9.84 Å². The highest BCUT2D eigenvalue weighted by Crippen LogP contribution is 2.34. The maximum absolute atomic E-state index is 9.25. The van der Waals surface area contributed by atoms with E-state index in [-0.39, 0.29) is 12.6 Å². The lowest BCUT2D eigenvalue weighted by Crippen LogP contribution is -2.23. The minimum absolute atomic E-state index is 0.201. The minimum atomic E-state index is 0.201. The minimum Gasteiger partial charge on any atom is -0.496 e. The molecule has 0 aliphatic carbocycles. The van der Waals surface area contributed by atoms with Crippen molar-refractivity contribution in [1.82, 2.24) is 4.90 Å². The van der Waals surface area contributed by atoms with E-state index in [9.17, 15) is 5.11 Å². The molecule has 0 aliphatic heterocycles. The molecule has 1 atom stereocenters. The monoisotopic (exact) mass is 251 g/mol. The summed E-state index contributed by atoms with van der Waals surface area (Å²) in [6, 6.07) is 2.34. The fourth-order valence-electron chi connectivity index (χ4n) is 2.57. The van der Waals surface area contributed by atoms with E-state index in [2.05, 4.69) is 45.8 Å². The molecule has 0 saturated heterocycles. The van der Waals surface area contributed by atoms with Gasteiger partial charge in [-0.15, -0.1) is 0 Å². The topological polar surface area (TPSA) is 32.7 Å². The number of benzene rings is 1. The van der Waals surface area contributed by atoms with Gasteiger partial charge in [0.05, 0.1) is 7.11 Å². The van der Waals surface area contributed by atoms with Crippen LogP contribution in [0.4, 0.5) is 0 Å². The SMILES string of the molecule is COc1cc(C)c(C(CCO)N(C)C)c(C)c1C. The van der Waals surface area contributed by atoms with Crippen molar-refractivity contribution in [3.8, 4) is 5.75 Å². The van der Waals surface area contributed by atoms with Gasteiger partial charge in [0.25, 0.3) is 0 Å². The van der Waals surface area contributed by atoms with Crippen LogP contribution < -0.4 is 4.74 Å². The van der Waals surface area contributed by atoms with Gasteiger partial charge in [0.15, 0.2) is 0 Å². The van der Waals surface area contributed by atoms with Gasteiger partial charge in [-0.1, -0.05) is 0 Å². The van der Waals surface area contributed by atoms with Crippen LogP contribution in [-0.2, 0) is 0 Å². The first-order valence-corrected chi connectivity index (χ1v) is 6.36. The summed E-state index contributed by atoms with van der Waals surface area (Å²) in [5.41, 5.74) is 4.98. The predicted molar refractivity (Wildman–Crippen MR) is 75.3 cm³/mol. The normalized spacial score (nSPS) is 12.9. The van der Waals surface area contributed by atoms with E-state index >= 15 is 0 Å². The molecule has 3 heteroatoms. The number of hydrogen-bond acceptors (Lipinski definition) is 3. The van der Waals surface area contributed by atoms with Gasteiger partial charge in [0, 0.05) is 12.6 Å². The third-order valence-electron chi connectivity index (χ3n) is 3.69. The van der Waals surface area contributed by atoms with Crippen LogP contribution in [0.25, 0.3) is 0 Å². The van der Waals surface area contributed by atoms with E-state index in [4.69, 9.17) is 4.74 Å². The van der Waals surface area contributed by atoms with Crippen molar-refractivity contribution in [2.45, 2.75) is 33.2 Å². The number of aliphatic hydroxyl groups is 1. The van der Waals surface area contributed by atoms with Gasteiger partial charge in [0.1, 0.15) is 5.75 Å². The fraction of sp³-hybridized carbons (Fsp3) is 0.600. The third kappa shape index (κ3) is 2.85. The second kappa shape index (κ2) is 6.21. The van der Waals surface area contributed by atoms with Crippen molar-refractivity contribution in [3.05, 3.63) is 28.3 Å². The van der Waals surface area contributed by atoms with Crippen LogP contribution in [0.1, 0.15) is 34.7 Å². The zero-order valence-corrected chi connectivity index (χ0v) is 12.4. The Labute approximate surface area is 110 Å². The Bertz CT molecular complexity index is 413. The number of methoxy groups -OCH3 is 1. The lowest BCUT2D eigenvalue weighted by atomic mass is 9.90. The summed E-state index contributed by atoms with van der Waals surface area (Å²) in [6.45, 7) is 6.53. The molecule has 0 radical (unpaired) electrons. The molecule has 0 heterocycles. The number of hydrogen-bond donors (Lipinski definition) is 1. The molecular formula is C15H25NO2. The van der Waals surface area contributed by atoms with Crippen molar-refractivity contribution in [2.24, 2.45) is 0 Å². The Hall–Kier alpha value is -1.06. The van der Waals surface area contributed by atoms with Crippen LogP contribution in [0.2, 0.25) is 0 Å². The average molecular weight is 251 g/mol. The molecule has 1 unspecified atom stereocenters. The molecule has 0 saturated carbocycles. The summed E-state index contributed by atoms with van der Waals surface area (Å²) in [6.07, 6.45) is 0.750. The molecule has 1 aromatic carbocycles. The number of ether oxygens (including phenoxy) is 1. The summed E-state index contributed by atoms with van der Waals surface area (Å²) in [5.74, 6) is 0.940. The largest absolute Gasteiger partial charge is 0.496 e. The highest BCUT2D eigenvalue weighted by Gasteiger charge is 2.20. The molecule has 102 valence electrons. The van der Waals surface area contributed by atoms with Crippen LogP contribution in [0, 0.1) is 20.8 Å². The first-order valence-electron chi connectivity index (χ1n) is 6.36. The zero-order chi connectivity index (χ0) is 13.9. The van der Waals surface area contributed by atoms with Gasteiger partial charge in [-0.25, -0.2) is 0 Å². The molecule has 1 rings (SSSR count). The highest BCUT2D eigenvalue weighted by molar-refractivity contribution is 5.49. The molecule has 3 nitrogen and oxygen atoms in total. The van der Waals surface area contributed by atoms with Gasteiger partial charge >= 0.3 is 0 Å². The summed E-state index contributed by atoms with van der Waals surface area (Å²) < 4.78 is 5.40. The summed E-state index contributed by atoms with van der Waals surface area (Å²) in [5, 5.41) is 9.25. The second-order valence-electron chi connectivity index (χ2n) is 5.05. The van der Waals surface area contributed by atoms with E-state index in [0.29, 0.717) is 0 Å². The van der Waals surface area contributed by atoms with E-state index in [0.717, 1.165) is 12.2 Å². The number of nitrogens with zero attached hydrogens (tertiary/aromatic N) is 1. The zero-order valence-electron chi connectivity index (χ0n) is 12.4. The standard InChI is InChI=1S/C15H25NO2/c1-10-9-14(18-6)11(2)12(3)15(10)13(7-8-17)16(4)5/h9,13,17H,7-8H2,1-6H3. The van der Waals surface area contributed by atoms with E-state index in [1.165, 1.54) is 22.3 Å². The fourth-order valence-corrected chi connectivity index (χ4v) is 2.57. The van der Waals surface area contributed by atoms with Crippen LogP contribution in [-0.4, -0.2) is 37.8 Å². The maximum Gasteiger partial charge on any atom is 0.122 e. The molecular weight excluding hydrogens is 226 g/mol. The van der Waals surface area contributed by atoms with Crippen LogP contribution >= 0.6 is 0 Å². The molecule has 0 spiro atoms.